The largest absolute Gasteiger partial charge is 0.355 e. The van der Waals surface area contributed by atoms with Gasteiger partial charge in [-0.25, -0.2) is 0 Å². The monoisotopic (exact) mass is 244 g/mol. The molecule has 3 heteroatoms. The second kappa shape index (κ2) is 5.11. The van der Waals surface area contributed by atoms with Gasteiger partial charge in [-0.3, -0.25) is 9.69 Å². The molecular weight excluding hydrogens is 224 g/mol. The second-order valence-electron chi connectivity index (χ2n) is 5.36. The number of hydrogen-bond acceptors (Lipinski definition) is 2. The number of fused-ring (bicyclic) bond motifs is 1. The second-order valence-corrected chi connectivity index (χ2v) is 5.36. The Morgan fingerprint density at radius 3 is 2.83 bits per heavy atom. The van der Waals surface area contributed by atoms with Crippen LogP contribution in [-0.4, -0.2) is 30.4 Å². The fourth-order valence-corrected chi connectivity index (χ4v) is 2.57. The lowest BCUT2D eigenvalue weighted by Crippen LogP contribution is -2.38. The lowest BCUT2D eigenvalue weighted by atomic mass is 10.00. The van der Waals surface area contributed by atoms with Gasteiger partial charge in [-0.1, -0.05) is 24.3 Å². The molecule has 2 aliphatic rings. The van der Waals surface area contributed by atoms with Crippen molar-refractivity contribution in [2.75, 3.05) is 19.6 Å². The van der Waals surface area contributed by atoms with E-state index in [-0.39, 0.29) is 5.91 Å². The summed E-state index contributed by atoms with van der Waals surface area (Å²) >= 11 is 0. The lowest BCUT2D eigenvalue weighted by molar-refractivity contribution is -0.122. The van der Waals surface area contributed by atoms with E-state index in [9.17, 15) is 4.79 Å². The van der Waals surface area contributed by atoms with Crippen molar-refractivity contribution in [2.24, 2.45) is 5.92 Å². The number of rotatable bonds is 4. The van der Waals surface area contributed by atoms with Gasteiger partial charge in [0, 0.05) is 32.1 Å². The van der Waals surface area contributed by atoms with Gasteiger partial charge in [-0.15, -0.1) is 0 Å². The number of carbonyl (C=O) groups excluding carboxylic acids is 1. The van der Waals surface area contributed by atoms with Gasteiger partial charge in [0.25, 0.3) is 0 Å². The molecule has 18 heavy (non-hydrogen) atoms. The zero-order valence-corrected chi connectivity index (χ0v) is 10.7. The average molecular weight is 244 g/mol. The third-order valence-electron chi connectivity index (χ3n) is 3.89. The first kappa shape index (κ1) is 11.7. The molecule has 96 valence electrons. The van der Waals surface area contributed by atoms with Crippen molar-refractivity contribution in [3.05, 3.63) is 35.4 Å². The Bertz CT molecular complexity index is 440. The molecule has 0 bridgehead atoms. The Kier molecular flexibility index (Phi) is 3.33. The average Bonchev–Trinajstić information content (AvgIpc) is 3.23. The topological polar surface area (TPSA) is 32.3 Å². The minimum atomic E-state index is 0.257. The van der Waals surface area contributed by atoms with Crippen LogP contribution >= 0.6 is 0 Å². The van der Waals surface area contributed by atoms with E-state index in [4.69, 9.17) is 0 Å². The fourth-order valence-electron chi connectivity index (χ4n) is 2.57. The summed E-state index contributed by atoms with van der Waals surface area (Å²) < 4.78 is 0. The van der Waals surface area contributed by atoms with Crippen LogP contribution < -0.4 is 5.32 Å². The first-order valence-electron chi connectivity index (χ1n) is 6.90. The van der Waals surface area contributed by atoms with Gasteiger partial charge in [0.2, 0.25) is 5.91 Å². The van der Waals surface area contributed by atoms with Crippen molar-refractivity contribution in [2.45, 2.75) is 25.8 Å². The molecule has 0 unspecified atom stereocenters. The summed E-state index contributed by atoms with van der Waals surface area (Å²) in [6.45, 7) is 3.88. The van der Waals surface area contributed by atoms with Crippen molar-refractivity contribution in [1.82, 2.24) is 10.2 Å². The molecule has 0 atom stereocenters. The van der Waals surface area contributed by atoms with E-state index in [1.165, 1.54) is 11.1 Å². The van der Waals surface area contributed by atoms with Crippen LogP contribution in [0, 0.1) is 5.92 Å². The molecule has 1 heterocycles. The molecule has 1 aliphatic carbocycles. The van der Waals surface area contributed by atoms with E-state index in [1.807, 2.05) is 0 Å². The van der Waals surface area contributed by atoms with Crippen molar-refractivity contribution >= 4 is 5.91 Å². The maximum atomic E-state index is 11.5. The van der Waals surface area contributed by atoms with Crippen LogP contribution in [0.5, 0.6) is 0 Å². The molecule has 1 fully saturated rings. The summed E-state index contributed by atoms with van der Waals surface area (Å²) in [6.07, 6.45) is 3.30. The van der Waals surface area contributed by atoms with E-state index in [0.717, 1.165) is 45.4 Å². The highest BCUT2D eigenvalue weighted by Crippen LogP contribution is 2.28. The predicted octanol–water partition coefficient (Wildman–Crippen LogP) is 1.57. The molecule has 1 saturated carbocycles. The SMILES string of the molecule is O=C(NCCN1CCc2ccccc2C1)C1CC1. The minimum absolute atomic E-state index is 0.257. The summed E-state index contributed by atoms with van der Waals surface area (Å²) in [7, 11) is 0. The third-order valence-corrected chi connectivity index (χ3v) is 3.89. The van der Waals surface area contributed by atoms with E-state index < -0.39 is 0 Å². The van der Waals surface area contributed by atoms with E-state index in [1.54, 1.807) is 0 Å². The van der Waals surface area contributed by atoms with Crippen molar-refractivity contribution in [1.29, 1.82) is 0 Å². The Morgan fingerprint density at radius 2 is 2.06 bits per heavy atom. The maximum Gasteiger partial charge on any atom is 0.223 e. The number of nitrogens with zero attached hydrogens (tertiary/aromatic N) is 1. The summed E-state index contributed by atoms with van der Waals surface area (Å²) in [5.74, 6) is 0.583. The van der Waals surface area contributed by atoms with Gasteiger partial charge in [0.15, 0.2) is 0 Å². The summed E-state index contributed by atoms with van der Waals surface area (Å²) in [5.41, 5.74) is 2.92. The highest BCUT2D eigenvalue weighted by molar-refractivity contribution is 5.80. The Hall–Kier alpha value is -1.35. The fraction of sp³-hybridized carbons (Fsp3) is 0.533. The van der Waals surface area contributed by atoms with E-state index >= 15 is 0 Å². The van der Waals surface area contributed by atoms with Crippen LogP contribution in [0.2, 0.25) is 0 Å². The standard InChI is InChI=1S/C15H20N2O/c18-15(13-5-6-13)16-8-10-17-9-7-12-3-1-2-4-14(12)11-17/h1-4,13H,5-11H2,(H,16,18). The molecule has 3 nitrogen and oxygen atoms in total. The van der Waals surface area contributed by atoms with Crippen molar-refractivity contribution < 1.29 is 4.79 Å². The number of amides is 1. The van der Waals surface area contributed by atoms with Crippen LogP contribution in [0.1, 0.15) is 24.0 Å². The van der Waals surface area contributed by atoms with Crippen LogP contribution in [-0.2, 0) is 17.8 Å². The van der Waals surface area contributed by atoms with Crippen LogP contribution in [0.3, 0.4) is 0 Å². The van der Waals surface area contributed by atoms with Crippen LogP contribution in [0.15, 0.2) is 24.3 Å². The Balaban J connectivity index is 1.46. The Labute approximate surface area is 108 Å². The van der Waals surface area contributed by atoms with Crippen LogP contribution in [0.4, 0.5) is 0 Å². The highest BCUT2D eigenvalue weighted by atomic mass is 16.2. The third kappa shape index (κ3) is 2.72. The van der Waals surface area contributed by atoms with Gasteiger partial charge >= 0.3 is 0 Å². The molecule has 1 aromatic rings. The summed E-state index contributed by atoms with van der Waals surface area (Å²) in [6, 6.07) is 8.66. The smallest absolute Gasteiger partial charge is 0.223 e. The molecule has 1 aliphatic heterocycles. The minimum Gasteiger partial charge on any atom is -0.355 e. The highest BCUT2D eigenvalue weighted by Gasteiger charge is 2.29. The number of carbonyl (C=O) groups is 1. The molecule has 1 aromatic carbocycles. The van der Waals surface area contributed by atoms with Gasteiger partial charge < -0.3 is 5.32 Å². The van der Waals surface area contributed by atoms with Crippen molar-refractivity contribution in [3.63, 3.8) is 0 Å². The van der Waals surface area contributed by atoms with Crippen LogP contribution in [0.25, 0.3) is 0 Å². The van der Waals surface area contributed by atoms with Gasteiger partial charge in [0.1, 0.15) is 0 Å². The quantitative estimate of drug-likeness (QED) is 0.872. The first-order valence-corrected chi connectivity index (χ1v) is 6.90. The molecule has 0 spiro atoms. The molecule has 3 rings (SSSR count). The molecule has 0 aromatic heterocycles. The summed E-state index contributed by atoms with van der Waals surface area (Å²) in [4.78, 5) is 13.9. The van der Waals surface area contributed by atoms with Gasteiger partial charge in [0.05, 0.1) is 0 Å². The normalized spacial score (nSPS) is 19.3. The van der Waals surface area contributed by atoms with Crippen molar-refractivity contribution in [3.8, 4) is 0 Å². The number of nitrogens with one attached hydrogen (secondary N) is 1. The zero-order chi connectivity index (χ0) is 12.4. The zero-order valence-electron chi connectivity index (χ0n) is 10.7. The summed E-state index contributed by atoms with van der Waals surface area (Å²) in [5, 5.41) is 3.04. The van der Waals surface area contributed by atoms with E-state index in [2.05, 4.69) is 34.5 Å². The molecule has 1 amide bonds. The van der Waals surface area contributed by atoms with Gasteiger partial charge in [-0.2, -0.15) is 0 Å². The maximum absolute atomic E-state index is 11.5. The first-order chi connectivity index (χ1) is 8.83. The molecule has 0 saturated heterocycles. The van der Waals surface area contributed by atoms with Gasteiger partial charge in [-0.05, 0) is 30.4 Å². The Morgan fingerprint density at radius 1 is 1.28 bits per heavy atom. The van der Waals surface area contributed by atoms with E-state index in [0.29, 0.717) is 5.92 Å². The number of hydrogen-bond donors (Lipinski definition) is 1. The molecule has 0 radical (unpaired) electrons. The predicted molar refractivity (Wildman–Crippen MR) is 71.2 cm³/mol. The number of benzene rings is 1. The molecule has 1 N–H and O–H groups in total. The molecular formula is C15H20N2O. The lowest BCUT2D eigenvalue weighted by Gasteiger charge is -2.28.